The third-order valence-corrected chi connectivity index (χ3v) is 5.35. The topological polar surface area (TPSA) is 12.0 Å². The zero-order chi connectivity index (χ0) is 13.1. The minimum atomic E-state index is -0.200. The molecule has 4 heteroatoms. The summed E-state index contributed by atoms with van der Waals surface area (Å²) in [6, 6.07) is 6.12. The minimum absolute atomic E-state index is 0.200. The van der Waals surface area contributed by atoms with Crippen molar-refractivity contribution in [3.8, 4) is 0 Å². The molecule has 3 unspecified atom stereocenters. The number of halogens is 2. The summed E-state index contributed by atoms with van der Waals surface area (Å²) in [5.74, 6) is -0.200. The summed E-state index contributed by atoms with van der Waals surface area (Å²) in [5, 5.41) is 4.45. The predicted molar refractivity (Wildman–Crippen MR) is 80.6 cm³/mol. The fraction of sp³-hybridized carbons (Fsp3) is 0.571. The zero-order valence-corrected chi connectivity index (χ0v) is 13.2. The molecule has 1 aromatic rings. The first-order valence-electron chi connectivity index (χ1n) is 6.34. The number of nitrogens with one attached hydrogen (secondary N) is 1. The molecule has 0 heterocycles. The van der Waals surface area contributed by atoms with Gasteiger partial charge in [-0.2, -0.15) is 11.8 Å². The molecule has 1 fully saturated rings. The van der Waals surface area contributed by atoms with Gasteiger partial charge in [0.2, 0.25) is 0 Å². The molecule has 0 amide bonds. The molecule has 0 bridgehead atoms. The van der Waals surface area contributed by atoms with Crippen molar-refractivity contribution in [1.29, 1.82) is 0 Å². The second-order valence-corrected chi connectivity index (χ2v) is 6.92. The van der Waals surface area contributed by atoms with Gasteiger partial charge in [0.05, 0.1) is 4.47 Å². The van der Waals surface area contributed by atoms with Gasteiger partial charge in [-0.3, -0.25) is 0 Å². The van der Waals surface area contributed by atoms with Crippen LogP contribution >= 0.6 is 27.7 Å². The zero-order valence-electron chi connectivity index (χ0n) is 10.7. The van der Waals surface area contributed by atoms with E-state index in [9.17, 15) is 4.39 Å². The fourth-order valence-electron chi connectivity index (χ4n) is 2.54. The number of benzene rings is 1. The largest absolute Gasteiger partial charge is 0.307 e. The Bertz CT molecular complexity index is 413. The normalized spacial score (nSPS) is 25.3. The molecular weight excluding hydrogens is 313 g/mol. The van der Waals surface area contributed by atoms with Crippen molar-refractivity contribution >= 4 is 27.7 Å². The van der Waals surface area contributed by atoms with Crippen molar-refractivity contribution in [3.63, 3.8) is 0 Å². The lowest BCUT2D eigenvalue weighted by Crippen LogP contribution is -2.29. The number of hydrogen-bond acceptors (Lipinski definition) is 2. The Morgan fingerprint density at radius 2 is 2.22 bits per heavy atom. The van der Waals surface area contributed by atoms with E-state index in [0.29, 0.717) is 10.5 Å². The molecule has 1 aliphatic carbocycles. The van der Waals surface area contributed by atoms with Crippen molar-refractivity contribution in [1.82, 2.24) is 5.32 Å². The Balaban J connectivity index is 1.95. The predicted octanol–water partition coefficient (Wildman–Crippen LogP) is 4.52. The van der Waals surface area contributed by atoms with Crippen LogP contribution in [0.1, 0.15) is 37.8 Å². The number of rotatable bonds is 4. The number of thioether (sulfide) groups is 1. The van der Waals surface area contributed by atoms with Crippen LogP contribution in [-0.4, -0.2) is 17.5 Å². The van der Waals surface area contributed by atoms with Gasteiger partial charge < -0.3 is 5.32 Å². The highest BCUT2D eigenvalue weighted by Crippen LogP contribution is 2.30. The molecule has 0 saturated heterocycles. The van der Waals surface area contributed by atoms with E-state index in [-0.39, 0.29) is 11.9 Å². The average molecular weight is 332 g/mol. The van der Waals surface area contributed by atoms with Crippen molar-refractivity contribution in [3.05, 3.63) is 34.1 Å². The molecule has 100 valence electrons. The van der Waals surface area contributed by atoms with Crippen molar-refractivity contribution in [2.75, 3.05) is 6.26 Å². The Morgan fingerprint density at radius 3 is 2.83 bits per heavy atom. The van der Waals surface area contributed by atoms with Crippen LogP contribution in [-0.2, 0) is 0 Å². The van der Waals surface area contributed by atoms with Gasteiger partial charge in [-0.1, -0.05) is 6.07 Å². The first kappa shape index (κ1) is 14.4. The van der Waals surface area contributed by atoms with Crippen LogP contribution in [0.15, 0.2) is 22.7 Å². The number of hydrogen-bond donors (Lipinski definition) is 1. The first-order chi connectivity index (χ1) is 8.60. The Kier molecular flexibility index (Phi) is 5.10. The second-order valence-electron chi connectivity index (χ2n) is 4.93. The summed E-state index contributed by atoms with van der Waals surface area (Å²) in [6.07, 6.45) is 5.98. The van der Waals surface area contributed by atoms with E-state index < -0.39 is 0 Å². The summed E-state index contributed by atoms with van der Waals surface area (Å²) in [4.78, 5) is 0. The van der Waals surface area contributed by atoms with Gasteiger partial charge in [0.15, 0.2) is 0 Å². The maximum atomic E-state index is 13.2. The second kappa shape index (κ2) is 6.40. The van der Waals surface area contributed by atoms with Crippen molar-refractivity contribution in [2.45, 2.75) is 43.5 Å². The minimum Gasteiger partial charge on any atom is -0.307 e. The van der Waals surface area contributed by atoms with Crippen LogP contribution in [0, 0.1) is 5.82 Å². The molecule has 18 heavy (non-hydrogen) atoms. The lowest BCUT2D eigenvalue weighted by molar-refractivity contribution is 0.461. The summed E-state index contributed by atoms with van der Waals surface area (Å²) in [6.45, 7) is 2.14. The van der Waals surface area contributed by atoms with E-state index in [2.05, 4.69) is 34.4 Å². The highest BCUT2D eigenvalue weighted by Gasteiger charge is 2.25. The van der Waals surface area contributed by atoms with Crippen molar-refractivity contribution in [2.24, 2.45) is 0 Å². The summed E-state index contributed by atoms with van der Waals surface area (Å²) < 4.78 is 13.7. The van der Waals surface area contributed by atoms with E-state index in [0.717, 1.165) is 10.8 Å². The average Bonchev–Trinajstić information content (AvgIpc) is 2.80. The smallest absolute Gasteiger partial charge is 0.137 e. The van der Waals surface area contributed by atoms with Crippen molar-refractivity contribution < 1.29 is 4.39 Å². The van der Waals surface area contributed by atoms with Crippen LogP contribution in [0.5, 0.6) is 0 Å². The van der Waals surface area contributed by atoms with Crippen LogP contribution in [0.4, 0.5) is 4.39 Å². The van der Waals surface area contributed by atoms with Gasteiger partial charge in [-0.05, 0) is 66.1 Å². The van der Waals surface area contributed by atoms with E-state index in [1.54, 1.807) is 0 Å². The Labute approximate surface area is 121 Å². The van der Waals surface area contributed by atoms with Gasteiger partial charge in [-0.25, -0.2) is 4.39 Å². The lowest BCUT2D eigenvalue weighted by Gasteiger charge is -2.20. The molecule has 1 aromatic carbocycles. The third kappa shape index (κ3) is 3.49. The summed E-state index contributed by atoms with van der Waals surface area (Å²) in [7, 11) is 0. The molecule has 1 N–H and O–H groups in total. The molecule has 0 radical (unpaired) electrons. The third-order valence-electron chi connectivity index (χ3n) is 3.65. The maximum absolute atomic E-state index is 13.2. The standard InChI is InChI=1S/C14H19BrFNS/c1-9(10-3-6-14(16)13(15)7-10)17-11-4-5-12(8-11)18-2/h3,6-7,9,11-12,17H,4-5,8H2,1-2H3. The lowest BCUT2D eigenvalue weighted by atomic mass is 10.1. The molecule has 0 aromatic heterocycles. The molecule has 1 aliphatic rings. The molecular formula is C14H19BrFNS. The maximum Gasteiger partial charge on any atom is 0.137 e. The van der Waals surface area contributed by atoms with Gasteiger partial charge in [0.1, 0.15) is 5.82 Å². The van der Waals surface area contributed by atoms with Gasteiger partial charge in [0.25, 0.3) is 0 Å². The van der Waals surface area contributed by atoms with E-state index in [4.69, 9.17) is 0 Å². The molecule has 0 aliphatic heterocycles. The highest BCUT2D eigenvalue weighted by molar-refractivity contribution is 9.10. The van der Waals surface area contributed by atoms with E-state index in [1.165, 1.54) is 25.3 Å². The van der Waals surface area contributed by atoms with E-state index in [1.807, 2.05) is 23.9 Å². The molecule has 1 saturated carbocycles. The highest BCUT2D eigenvalue weighted by atomic mass is 79.9. The van der Waals surface area contributed by atoms with E-state index >= 15 is 0 Å². The van der Waals surface area contributed by atoms with Gasteiger partial charge in [-0.15, -0.1) is 0 Å². The summed E-state index contributed by atoms with van der Waals surface area (Å²) >= 11 is 5.21. The molecule has 3 atom stereocenters. The fourth-order valence-corrected chi connectivity index (χ4v) is 3.73. The summed E-state index contributed by atoms with van der Waals surface area (Å²) in [5.41, 5.74) is 1.14. The van der Waals surface area contributed by atoms with Crippen LogP contribution in [0.3, 0.4) is 0 Å². The Hall–Kier alpha value is -0.0600. The molecule has 1 nitrogen and oxygen atoms in total. The quantitative estimate of drug-likeness (QED) is 0.870. The Morgan fingerprint density at radius 1 is 1.44 bits per heavy atom. The van der Waals surface area contributed by atoms with Gasteiger partial charge >= 0.3 is 0 Å². The SMILES string of the molecule is CSC1CCC(NC(C)c2ccc(F)c(Br)c2)C1. The monoisotopic (exact) mass is 331 g/mol. The van der Waals surface area contributed by atoms with Crippen LogP contribution in [0.25, 0.3) is 0 Å². The molecule has 2 rings (SSSR count). The first-order valence-corrected chi connectivity index (χ1v) is 8.42. The van der Waals surface area contributed by atoms with Crippen LogP contribution < -0.4 is 5.32 Å². The van der Waals surface area contributed by atoms with Crippen LogP contribution in [0.2, 0.25) is 0 Å². The molecule has 0 spiro atoms. The van der Waals surface area contributed by atoms with Gasteiger partial charge in [0, 0.05) is 17.3 Å².